The number of carbonyl (C=O) groups excluding carboxylic acids is 2. The standard InChI is InChI=1S/C18H16O6/c1-8(19)6-12(20)11-7-13(21)14-15(18(11)24)17(23)10-5-3-2-4-9(10)16(14)22/h2-5,7-8,12,19-21,24H,6H2,1H3. The summed E-state index contributed by atoms with van der Waals surface area (Å²) in [6.07, 6.45) is -2.23. The Balaban J connectivity index is 2.22. The van der Waals surface area contributed by atoms with Gasteiger partial charge in [0.25, 0.3) is 0 Å². The molecule has 1 aliphatic carbocycles. The van der Waals surface area contributed by atoms with Gasteiger partial charge in [0.1, 0.15) is 11.5 Å². The van der Waals surface area contributed by atoms with E-state index >= 15 is 0 Å². The summed E-state index contributed by atoms with van der Waals surface area (Å²) in [5.41, 5.74) is -0.413. The summed E-state index contributed by atoms with van der Waals surface area (Å²) in [6, 6.07) is 7.20. The molecule has 0 saturated heterocycles. The van der Waals surface area contributed by atoms with E-state index in [0.29, 0.717) is 0 Å². The van der Waals surface area contributed by atoms with E-state index in [2.05, 4.69) is 0 Å². The molecule has 1 aliphatic rings. The number of ketones is 2. The topological polar surface area (TPSA) is 115 Å². The van der Waals surface area contributed by atoms with Crippen LogP contribution in [0, 0.1) is 0 Å². The predicted molar refractivity (Wildman–Crippen MR) is 84.3 cm³/mol. The van der Waals surface area contributed by atoms with Crippen molar-refractivity contribution >= 4 is 11.6 Å². The van der Waals surface area contributed by atoms with Crippen LogP contribution in [0.1, 0.15) is 56.9 Å². The maximum Gasteiger partial charge on any atom is 0.198 e. The van der Waals surface area contributed by atoms with Crippen LogP contribution in [0.3, 0.4) is 0 Å². The molecule has 3 rings (SSSR count). The molecular weight excluding hydrogens is 312 g/mol. The first-order chi connectivity index (χ1) is 11.3. The lowest BCUT2D eigenvalue weighted by atomic mass is 9.81. The van der Waals surface area contributed by atoms with Crippen LogP contribution in [0.5, 0.6) is 11.5 Å². The zero-order chi connectivity index (χ0) is 17.6. The van der Waals surface area contributed by atoms with Crippen LogP contribution in [0.2, 0.25) is 0 Å². The van der Waals surface area contributed by atoms with Crippen molar-refractivity contribution in [1.29, 1.82) is 0 Å². The predicted octanol–water partition coefficient (Wildman–Crippen LogP) is 1.68. The lowest BCUT2D eigenvalue weighted by molar-refractivity contribution is 0.0883. The first kappa shape index (κ1) is 16.2. The number of phenols is 2. The molecule has 2 atom stereocenters. The quantitative estimate of drug-likeness (QED) is 0.544. The summed E-state index contributed by atoms with van der Waals surface area (Å²) in [5, 5.41) is 40.1. The van der Waals surface area contributed by atoms with Gasteiger partial charge in [-0.05, 0) is 13.0 Å². The average Bonchev–Trinajstić information content (AvgIpc) is 2.53. The normalized spacial score (nSPS) is 15.6. The zero-order valence-electron chi connectivity index (χ0n) is 12.9. The monoisotopic (exact) mass is 328 g/mol. The fraction of sp³-hybridized carbons (Fsp3) is 0.222. The minimum atomic E-state index is -1.29. The summed E-state index contributed by atoms with van der Waals surface area (Å²) in [5.74, 6) is -2.21. The van der Waals surface area contributed by atoms with Gasteiger partial charge < -0.3 is 20.4 Å². The largest absolute Gasteiger partial charge is 0.507 e. The van der Waals surface area contributed by atoms with Gasteiger partial charge in [-0.2, -0.15) is 0 Å². The number of aliphatic hydroxyl groups is 2. The molecule has 0 fully saturated rings. The lowest BCUT2D eigenvalue weighted by Crippen LogP contribution is -2.22. The van der Waals surface area contributed by atoms with Crippen molar-refractivity contribution in [3.8, 4) is 11.5 Å². The smallest absolute Gasteiger partial charge is 0.198 e. The first-order valence-corrected chi connectivity index (χ1v) is 7.46. The van der Waals surface area contributed by atoms with Crippen molar-refractivity contribution < 1.29 is 30.0 Å². The van der Waals surface area contributed by atoms with Crippen molar-refractivity contribution in [2.75, 3.05) is 0 Å². The van der Waals surface area contributed by atoms with E-state index in [4.69, 9.17) is 0 Å². The van der Waals surface area contributed by atoms with Crippen LogP contribution in [-0.2, 0) is 0 Å². The molecule has 4 N–H and O–H groups in total. The number of rotatable bonds is 3. The van der Waals surface area contributed by atoms with Gasteiger partial charge in [-0.15, -0.1) is 0 Å². The Kier molecular flexibility index (Phi) is 3.87. The average molecular weight is 328 g/mol. The second-order valence-corrected chi connectivity index (χ2v) is 5.89. The molecule has 2 unspecified atom stereocenters. The molecule has 0 aromatic heterocycles. The third-order valence-corrected chi connectivity index (χ3v) is 4.10. The number of phenolic OH excluding ortho intramolecular Hbond substituents is 2. The third-order valence-electron chi connectivity index (χ3n) is 4.10. The van der Waals surface area contributed by atoms with E-state index in [-0.39, 0.29) is 34.2 Å². The summed E-state index contributed by atoms with van der Waals surface area (Å²) in [4.78, 5) is 25.2. The van der Waals surface area contributed by atoms with Crippen LogP contribution in [0.15, 0.2) is 30.3 Å². The van der Waals surface area contributed by atoms with Gasteiger partial charge >= 0.3 is 0 Å². The maximum absolute atomic E-state index is 12.7. The molecule has 24 heavy (non-hydrogen) atoms. The third kappa shape index (κ3) is 2.36. The van der Waals surface area contributed by atoms with Gasteiger partial charge in [-0.1, -0.05) is 24.3 Å². The van der Waals surface area contributed by atoms with Crippen LogP contribution in [0.25, 0.3) is 0 Å². The highest BCUT2D eigenvalue weighted by Gasteiger charge is 2.36. The molecule has 0 heterocycles. The Labute approximate surface area is 137 Å². The molecule has 0 bridgehead atoms. The van der Waals surface area contributed by atoms with Crippen molar-refractivity contribution in [1.82, 2.24) is 0 Å². The van der Waals surface area contributed by atoms with Crippen LogP contribution in [-0.4, -0.2) is 38.1 Å². The van der Waals surface area contributed by atoms with Crippen LogP contribution >= 0.6 is 0 Å². The van der Waals surface area contributed by atoms with Crippen molar-refractivity contribution in [3.63, 3.8) is 0 Å². The van der Waals surface area contributed by atoms with E-state index in [0.717, 1.165) is 6.07 Å². The van der Waals surface area contributed by atoms with Gasteiger partial charge in [0, 0.05) is 23.1 Å². The molecule has 0 saturated carbocycles. The molecule has 124 valence electrons. The number of hydrogen-bond donors (Lipinski definition) is 4. The number of fused-ring (bicyclic) bond motifs is 2. The molecule has 0 spiro atoms. The van der Waals surface area contributed by atoms with Crippen molar-refractivity contribution in [2.24, 2.45) is 0 Å². The molecule has 0 radical (unpaired) electrons. The minimum absolute atomic E-state index is 0.0927. The van der Waals surface area contributed by atoms with E-state index in [1.54, 1.807) is 12.1 Å². The lowest BCUT2D eigenvalue weighted by Gasteiger charge is -2.23. The number of aliphatic hydroxyl groups excluding tert-OH is 2. The second kappa shape index (κ2) is 5.74. The molecule has 6 heteroatoms. The number of carbonyl (C=O) groups is 2. The van der Waals surface area contributed by atoms with Gasteiger partial charge in [0.05, 0.1) is 23.3 Å². The van der Waals surface area contributed by atoms with Gasteiger partial charge in [0.15, 0.2) is 11.6 Å². The summed E-state index contributed by atoms with van der Waals surface area (Å²) in [6.45, 7) is 1.46. The Morgan fingerprint density at radius 1 is 0.958 bits per heavy atom. The Hall–Kier alpha value is -2.70. The number of hydrogen-bond acceptors (Lipinski definition) is 6. The molecule has 2 aromatic rings. The van der Waals surface area contributed by atoms with E-state index in [9.17, 15) is 30.0 Å². The van der Waals surface area contributed by atoms with E-state index in [1.807, 2.05) is 0 Å². The molecule has 6 nitrogen and oxygen atoms in total. The Bertz CT molecular complexity index is 853. The highest BCUT2D eigenvalue weighted by Crippen LogP contribution is 2.42. The molecular formula is C18H16O6. The number of aromatic hydroxyl groups is 2. The maximum atomic E-state index is 12.7. The number of benzene rings is 2. The minimum Gasteiger partial charge on any atom is -0.507 e. The fourth-order valence-corrected chi connectivity index (χ4v) is 2.98. The summed E-state index contributed by atoms with van der Waals surface area (Å²) >= 11 is 0. The SMILES string of the molecule is CC(O)CC(O)c1cc(O)c2c(c1O)C(=O)c1ccccc1C2=O. The fourth-order valence-electron chi connectivity index (χ4n) is 2.98. The Morgan fingerprint density at radius 3 is 2.04 bits per heavy atom. The van der Waals surface area contributed by atoms with E-state index < -0.39 is 35.3 Å². The highest BCUT2D eigenvalue weighted by molar-refractivity contribution is 6.30. The van der Waals surface area contributed by atoms with Gasteiger partial charge in [-0.3, -0.25) is 9.59 Å². The zero-order valence-corrected chi connectivity index (χ0v) is 12.9. The summed E-state index contributed by atoms with van der Waals surface area (Å²) < 4.78 is 0. The van der Waals surface area contributed by atoms with E-state index in [1.165, 1.54) is 19.1 Å². The van der Waals surface area contributed by atoms with Crippen LogP contribution < -0.4 is 0 Å². The van der Waals surface area contributed by atoms with Crippen molar-refractivity contribution in [2.45, 2.75) is 25.6 Å². The first-order valence-electron chi connectivity index (χ1n) is 7.46. The second-order valence-electron chi connectivity index (χ2n) is 5.89. The van der Waals surface area contributed by atoms with Gasteiger partial charge in [0.2, 0.25) is 0 Å². The summed E-state index contributed by atoms with van der Waals surface area (Å²) in [7, 11) is 0. The van der Waals surface area contributed by atoms with Crippen molar-refractivity contribution in [3.05, 3.63) is 58.1 Å². The van der Waals surface area contributed by atoms with Crippen LogP contribution in [0.4, 0.5) is 0 Å². The Morgan fingerprint density at radius 2 is 1.50 bits per heavy atom. The highest BCUT2D eigenvalue weighted by atomic mass is 16.3. The molecule has 0 aliphatic heterocycles. The molecule has 2 aromatic carbocycles. The molecule has 0 amide bonds. The van der Waals surface area contributed by atoms with Gasteiger partial charge in [-0.25, -0.2) is 0 Å².